The van der Waals surface area contributed by atoms with Gasteiger partial charge in [0.1, 0.15) is 11.7 Å². The highest BCUT2D eigenvalue weighted by Crippen LogP contribution is 2.29. The number of benzene rings is 3. The van der Waals surface area contributed by atoms with Gasteiger partial charge < -0.3 is 10.1 Å². The Balaban J connectivity index is 1.56. The summed E-state index contributed by atoms with van der Waals surface area (Å²) in [5.74, 6) is -1.05. The average Bonchev–Trinajstić information content (AvgIpc) is 3.17. The van der Waals surface area contributed by atoms with Crippen LogP contribution in [0.4, 0.5) is 0 Å². The van der Waals surface area contributed by atoms with Gasteiger partial charge in [0.2, 0.25) is 5.91 Å². The van der Waals surface area contributed by atoms with E-state index in [0.29, 0.717) is 18.9 Å². The Morgan fingerprint density at radius 1 is 1.13 bits per heavy atom. The molecule has 2 atom stereocenters. The molecule has 152 valence electrons. The minimum atomic E-state index is -0.816. The van der Waals surface area contributed by atoms with E-state index in [4.69, 9.17) is 4.74 Å². The molecule has 2 amide bonds. The molecule has 2 N–H and O–H groups in total. The largest absolute Gasteiger partial charge is 0.493 e. The van der Waals surface area contributed by atoms with Gasteiger partial charge in [-0.1, -0.05) is 60.7 Å². The molecule has 0 saturated carbocycles. The van der Waals surface area contributed by atoms with Gasteiger partial charge in [-0.15, -0.1) is 0 Å². The third-order valence-electron chi connectivity index (χ3n) is 5.29. The third-order valence-corrected chi connectivity index (χ3v) is 5.29. The molecule has 2 unspecified atom stereocenters. The van der Waals surface area contributed by atoms with Gasteiger partial charge in [-0.05, 0) is 29.3 Å². The maximum atomic E-state index is 12.8. The van der Waals surface area contributed by atoms with Gasteiger partial charge >= 0.3 is 0 Å². The van der Waals surface area contributed by atoms with E-state index < -0.39 is 11.8 Å². The van der Waals surface area contributed by atoms with Crippen LogP contribution in [0.2, 0.25) is 0 Å². The normalized spacial score (nSPS) is 18.5. The number of carbonyl (C=O) groups excluding carboxylic acids is 2. The molecule has 3 aromatic rings. The van der Waals surface area contributed by atoms with E-state index in [2.05, 4.69) is 15.8 Å². The van der Waals surface area contributed by atoms with E-state index in [1.807, 2.05) is 73.7 Å². The van der Waals surface area contributed by atoms with E-state index in [0.717, 1.165) is 21.9 Å². The zero-order valence-corrected chi connectivity index (χ0v) is 16.7. The van der Waals surface area contributed by atoms with Gasteiger partial charge in [-0.2, -0.15) is 5.10 Å². The molecule has 1 aliphatic rings. The summed E-state index contributed by atoms with van der Waals surface area (Å²) < 4.78 is 5.73. The minimum absolute atomic E-state index is 0.217. The molecule has 6 nitrogen and oxygen atoms in total. The molecule has 0 aromatic heterocycles. The first-order valence-corrected chi connectivity index (χ1v) is 9.99. The van der Waals surface area contributed by atoms with Crippen LogP contribution in [0.1, 0.15) is 24.0 Å². The van der Waals surface area contributed by atoms with Crippen molar-refractivity contribution in [2.45, 2.75) is 12.8 Å². The van der Waals surface area contributed by atoms with Gasteiger partial charge in [0.15, 0.2) is 0 Å². The highest BCUT2D eigenvalue weighted by atomic mass is 16.5. The summed E-state index contributed by atoms with van der Waals surface area (Å²) in [6.45, 7) is 2.87. The molecule has 3 aromatic carbocycles. The molecule has 1 saturated heterocycles. The van der Waals surface area contributed by atoms with Gasteiger partial charge in [-0.25, -0.2) is 5.43 Å². The van der Waals surface area contributed by atoms with Crippen LogP contribution >= 0.6 is 0 Å². The first-order valence-electron chi connectivity index (χ1n) is 9.99. The van der Waals surface area contributed by atoms with Crippen molar-refractivity contribution in [3.63, 3.8) is 0 Å². The number of ether oxygens (including phenoxy) is 1. The highest BCUT2D eigenvalue weighted by molar-refractivity contribution is 6.05. The monoisotopic (exact) mass is 401 g/mol. The quantitative estimate of drug-likeness (QED) is 0.378. The van der Waals surface area contributed by atoms with Crippen LogP contribution in [0.5, 0.6) is 5.75 Å². The van der Waals surface area contributed by atoms with Crippen LogP contribution < -0.4 is 15.5 Å². The number of nitrogens with zero attached hydrogens (tertiary/aromatic N) is 1. The van der Waals surface area contributed by atoms with Crippen LogP contribution in [-0.4, -0.2) is 31.2 Å². The second kappa shape index (κ2) is 8.78. The van der Waals surface area contributed by atoms with Gasteiger partial charge in [0.25, 0.3) is 5.91 Å². The van der Waals surface area contributed by atoms with Crippen molar-refractivity contribution >= 4 is 28.8 Å². The number of hydrazone groups is 1. The second-order valence-corrected chi connectivity index (χ2v) is 7.11. The predicted molar refractivity (Wildman–Crippen MR) is 117 cm³/mol. The number of hydrogen-bond acceptors (Lipinski definition) is 4. The second-order valence-electron chi connectivity index (χ2n) is 7.11. The molecular weight excluding hydrogens is 378 g/mol. The molecule has 1 heterocycles. The van der Waals surface area contributed by atoms with E-state index >= 15 is 0 Å². The number of rotatable bonds is 6. The Bertz CT molecular complexity index is 1100. The standard InChI is InChI=1S/C24H23N3O3/c1-2-30-21-13-12-17-10-6-7-11-18(17)20(21)15-26-27-24(29)22-19(14-25-23(22)28)16-8-4-3-5-9-16/h3-13,15,19,22H,2,14H2,1H3,(H,25,28)(H,27,29). The lowest BCUT2D eigenvalue weighted by atomic mass is 9.88. The summed E-state index contributed by atoms with van der Waals surface area (Å²) in [7, 11) is 0. The van der Waals surface area contributed by atoms with Crippen molar-refractivity contribution in [2.24, 2.45) is 11.0 Å². The number of hydrogen-bond donors (Lipinski definition) is 2. The molecule has 1 aliphatic heterocycles. The molecule has 4 rings (SSSR count). The van der Waals surface area contributed by atoms with Crippen molar-refractivity contribution in [3.05, 3.63) is 77.9 Å². The number of carbonyl (C=O) groups is 2. The summed E-state index contributed by atoms with van der Waals surface area (Å²) in [6.07, 6.45) is 1.58. The lowest BCUT2D eigenvalue weighted by Gasteiger charge is -2.15. The average molecular weight is 401 g/mol. The summed E-state index contributed by atoms with van der Waals surface area (Å²) in [4.78, 5) is 25.1. The SMILES string of the molecule is CCOc1ccc2ccccc2c1C=NNC(=O)C1C(=O)NCC1c1ccccc1. The maximum absolute atomic E-state index is 12.8. The summed E-state index contributed by atoms with van der Waals surface area (Å²) in [6, 6.07) is 21.4. The Morgan fingerprint density at radius 2 is 1.90 bits per heavy atom. The molecule has 0 bridgehead atoms. The predicted octanol–water partition coefficient (Wildman–Crippen LogP) is 3.22. The summed E-state index contributed by atoms with van der Waals surface area (Å²) in [5.41, 5.74) is 4.29. The molecule has 0 spiro atoms. The fourth-order valence-corrected chi connectivity index (χ4v) is 3.85. The zero-order valence-electron chi connectivity index (χ0n) is 16.7. The first-order chi connectivity index (χ1) is 14.7. The molecule has 30 heavy (non-hydrogen) atoms. The van der Waals surface area contributed by atoms with Crippen LogP contribution in [0.25, 0.3) is 10.8 Å². The van der Waals surface area contributed by atoms with Gasteiger partial charge in [0, 0.05) is 18.0 Å². The smallest absolute Gasteiger partial charge is 0.253 e. The molecule has 0 radical (unpaired) electrons. The Morgan fingerprint density at radius 3 is 2.70 bits per heavy atom. The Hall–Kier alpha value is -3.67. The fraction of sp³-hybridized carbons (Fsp3) is 0.208. The number of nitrogens with one attached hydrogen (secondary N) is 2. The molecule has 0 aliphatic carbocycles. The van der Waals surface area contributed by atoms with E-state index in [1.165, 1.54) is 0 Å². The van der Waals surface area contributed by atoms with Crippen molar-refractivity contribution in [3.8, 4) is 5.75 Å². The van der Waals surface area contributed by atoms with Crippen LogP contribution in [-0.2, 0) is 9.59 Å². The van der Waals surface area contributed by atoms with Gasteiger partial charge in [0.05, 0.1) is 12.8 Å². The maximum Gasteiger partial charge on any atom is 0.253 e. The van der Waals surface area contributed by atoms with E-state index in [1.54, 1.807) is 6.21 Å². The molecular formula is C24H23N3O3. The van der Waals surface area contributed by atoms with Gasteiger partial charge in [-0.3, -0.25) is 9.59 Å². The lowest BCUT2D eigenvalue weighted by Crippen LogP contribution is -2.34. The van der Waals surface area contributed by atoms with Crippen LogP contribution in [0, 0.1) is 5.92 Å². The topological polar surface area (TPSA) is 79.8 Å². The summed E-state index contributed by atoms with van der Waals surface area (Å²) >= 11 is 0. The minimum Gasteiger partial charge on any atom is -0.493 e. The fourth-order valence-electron chi connectivity index (χ4n) is 3.85. The molecule has 6 heteroatoms. The van der Waals surface area contributed by atoms with Crippen molar-refractivity contribution in [1.82, 2.24) is 10.7 Å². The first kappa shape index (κ1) is 19.6. The van der Waals surface area contributed by atoms with Crippen LogP contribution in [0.3, 0.4) is 0 Å². The highest BCUT2D eigenvalue weighted by Gasteiger charge is 2.40. The van der Waals surface area contributed by atoms with E-state index in [-0.39, 0.29) is 11.8 Å². The third kappa shape index (κ3) is 3.89. The Labute approximate surface area is 174 Å². The van der Waals surface area contributed by atoms with Crippen molar-refractivity contribution in [1.29, 1.82) is 0 Å². The lowest BCUT2D eigenvalue weighted by molar-refractivity contribution is -0.133. The summed E-state index contributed by atoms with van der Waals surface area (Å²) in [5, 5.41) is 8.97. The van der Waals surface area contributed by atoms with Crippen molar-refractivity contribution in [2.75, 3.05) is 13.2 Å². The molecule has 1 fully saturated rings. The van der Waals surface area contributed by atoms with E-state index in [9.17, 15) is 9.59 Å². The van der Waals surface area contributed by atoms with Crippen LogP contribution in [0.15, 0.2) is 71.8 Å². The Kier molecular flexibility index (Phi) is 5.75. The number of amides is 2. The zero-order chi connectivity index (χ0) is 20.9. The number of fused-ring (bicyclic) bond motifs is 1. The van der Waals surface area contributed by atoms with Crippen molar-refractivity contribution < 1.29 is 14.3 Å².